The minimum Gasteiger partial charge on any atom is -0.480 e. The summed E-state index contributed by atoms with van der Waals surface area (Å²) < 4.78 is 20.5. The fourth-order valence-corrected chi connectivity index (χ4v) is 4.28. The Morgan fingerprint density at radius 1 is 1.21 bits per heavy atom. The molecule has 5 rings (SSSR count). The maximum absolute atomic E-state index is 13.6. The number of benzene rings is 1. The monoisotopic (exact) mass is 466 g/mol. The van der Waals surface area contributed by atoms with Gasteiger partial charge in [0.15, 0.2) is 18.2 Å². The summed E-state index contributed by atoms with van der Waals surface area (Å²) in [6.07, 6.45) is 2.30. The maximum Gasteiger partial charge on any atom is 0.269 e. The van der Waals surface area contributed by atoms with Crippen LogP contribution < -0.4 is 25.8 Å². The highest BCUT2D eigenvalue weighted by Crippen LogP contribution is 2.30. The van der Waals surface area contributed by atoms with Gasteiger partial charge in [0.2, 0.25) is 5.91 Å². The Morgan fingerprint density at radius 3 is 2.97 bits per heavy atom. The maximum atomic E-state index is 13.6. The van der Waals surface area contributed by atoms with E-state index in [0.29, 0.717) is 67.4 Å². The smallest absolute Gasteiger partial charge is 0.269 e. The summed E-state index contributed by atoms with van der Waals surface area (Å²) in [7, 11) is 0. The van der Waals surface area contributed by atoms with E-state index in [9.17, 15) is 18.8 Å². The normalized spacial score (nSPS) is 17.6. The van der Waals surface area contributed by atoms with Crippen LogP contribution in [0.3, 0.4) is 0 Å². The fourth-order valence-electron chi connectivity index (χ4n) is 4.28. The number of halogens is 1. The zero-order valence-corrected chi connectivity index (χ0v) is 18.3. The number of aryl methyl sites for hydroxylation is 1. The van der Waals surface area contributed by atoms with Gasteiger partial charge in [-0.3, -0.25) is 19.3 Å². The van der Waals surface area contributed by atoms with Gasteiger partial charge in [0, 0.05) is 26.1 Å². The van der Waals surface area contributed by atoms with Gasteiger partial charge in [-0.05, 0) is 49.2 Å². The third-order valence-electron chi connectivity index (χ3n) is 5.92. The molecule has 0 saturated carbocycles. The molecule has 0 bridgehead atoms. The Hall–Kier alpha value is -3.86. The highest BCUT2D eigenvalue weighted by molar-refractivity contribution is 5.97. The number of carbonyl (C=O) groups excluding carboxylic acids is 2. The fraction of sp³-hybridized carbons (Fsp3) is 0.348. The van der Waals surface area contributed by atoms with Gasteiger partial charge in [-0.15, -0.1) is 0 Å². The van der Waals surface area contributed by atoms with Gasteiger partial charge in [-0.25, -0.2) is 14.4 Å². The van der Waals surface area contributed by atoms with Crippen LogP contribution in [0, 0.1) is 11.7 Å². The number of carbonyl (C=O) groups is 2. The van der Waals surface area contributed by atoms with Crippen molar-refractivity contribution < 1.29 is 18.7 Å². The molecule has 2 aliphatic heterocycles. The van der Waals surface area contributed by atoms with Gasteiger partial charge in [0.25, 0.3) is 11.5 Å². The lowest BCUT2D eigenvalue weighted by Gasteiger charge is -2.21. The molecule has 1 fully saturated rings. The first-order valence-corrected chi connectivity index (χ1v) is 11.1. The number of amides is 2. The lowest BCUT2D eigenvalue weighted by molar-refractivity contribution is -0.118. The molecule has 1 atom stereocenters. The van der Waals surface area contributed by atoms with Gasteiger partial charge in [-0.1, -0.05) is 0 Å². The van der Waals surface area contributed by atoms with Crippen LogP contribution in [0.5, 0.6) is 5.75 Å². The van der Waals surface area contributed by atoms with Crippen molar-refractivity contribution >= 4 is 34.5 Å². The molecule has 0 unspecified atom stereocenters. The number of fused-ring (bicyclic) bond motifs is 2. The Balaban J connectivity index is 1.14. The summed E-state index contributed by atoms with van der Waals surface area (Å²) in [4.78, 5) is 46.3. The number of pyridine rings is 1. The Labute approximate surface area is 193 Å². The SMILES string of the molecule is O=C1COc2ccc(N3C[C@@H](CNCCCn4c(=O)cnc5ccc(F)cc54)CC3=O)nc2N1. The Bertz CT molecular complexity index is 1330. The molecule has 3 aromatic rings. The zero-order chi connectivity index (χ0) is 23.7. The number of anilines is 2. The van der Waals surface area contributed by atoms with Crippen LogP contribution in [0.4, 0.5) is 16.0 Å². The Kier molecular flexibility index (Phi) is 5.93. The second-order valence-corrected chi connectivity index (χ2v) is 8.37. The molecule has 1 aromatic carbocycles. The molecule has 176 valence electrons. The van der Waals surface area contributed by atoms with Crippen LogP contribution in [0.25, 0.3) is 11.0 Å². The average Bonchev–Trinajstić information content (AvgIpc) is 3.19. The van der Waals surface area contributed by atoms with E-state index in [2.05, 4.69) is 20.6 Å². The van der Waals surface area contributed by atoms with Gasteiger partial charge >= 0.3 is 0 Å². The van der Waals surface area contributed by atoms with Crippen LogP contribution in [-0.4, -0.2) is 52.6 Å². The summed E-state index contributed by atoms with van der Waals surface area (Å²) in [5.41, 5.74) is 0.776. The molecule has 2 amide bonds. The van der Waals surface area contributed by atoms with Crippen molar-refractivity contribution in [2.45, 2.75) is 19.4 Å². The predicted octanol–water partition coefficient (Wildman–Crippen LogP) is 1.29. The standard InChI is InChI=1S/C23H23FN6O4/c24-15-2-3-16-17(9-15)29(22(33)11-26-16)7-1-6-25-10-14-8-21(32)30(12-14)19-5-4-18-23(27-19)28-20(31)13-34-18/h2-5,9,11,14,25H,1,6-8,10,12-13H2,(H,27,28,31)/t14-/m1/s1. The number of nitrogens with zero attached hydrogens (tertiary/aromatic N) is 4. The molecular weight excluding hydrogens is 443 g/mol. The summed E-state index contributed by atoms with van der Waals surface area (Å²) in [6, 6.07) is 7.61. The molecule has 34 heavy (non-hydrogen) atoms. The van der Waals surface area contributed by atoms with Gasteiger partial charge < -0.3 is 19.9 Å². The summed E-state index contributed by atoms with van der Waals surface area (Å²) in [5, 5.41) is 6.00. The van der Waals surface area contributed by atoms with Crippen molar-refractivity contribution in [3.8, 4) is 5.75 Å². The minimum absolute atomic E-state index is 0.0286. The van der Waals surface area contributed by atoms with Gasteiger partial charge in [0.05, 0.1) is 17.2 Å². The molecule has 11 heteroatoms. The van der Waals surface area contributed by atoms with Gasteiger partial charge in [-0.2, -0.15) is 0 Å². The quantitative estimate of drug-likeness (QED) is 0.504. The number of rotatable bonds is 7. The lowest BCUT2D eigenvalue weighted by atomic mass is 10.1. The third kappa shape index (κ3) is 4.46. The number of nitrogens with one attached hydrogen (secondary N) is 2. The number of ether oxygens (including phenoxy) is 1. The van der Waals surface area contributed by atoms with E-state index >= 15 is 0 Å². The van der Waals surface area contributed by atoms with Crippen molar-refractivity contribution in [2.75, 3.05) is 36.5 Å². The molecule has 1 saturated heterocycles. The predicted molar refractivity (Wildman–Crippen MR) is 122 cm³/mol. The van der Waals surface area contributed by atoms with E-state index in [0.717, 1.165) is 0 Å². The zero-order valence-electron chi connectivity index (χ0n) is 18.3. The van der Waals surface area contributed by atoms with E-state index in [1.165, 1.54) is 22.9 Å². The average molecular weight is 466 g/mol. The summed E-state index contributed by atoms with van der Waals surface area (Å²) in [5.74, 6) is 0.672. The first kappa shape index (κ1) is 22.0. The van der Waals surface area contributed by atoms with E-state index in [4.69, 9.17) is 4.74 Å². The van der Waals surface area contributed by atoms with Crippen LogP contribution >= 0.6 is 0 Å². The first-order valence-electron chi connectivity index (χ1n) is 11.1. The van der Waals surface area contributed by atoms with Crippen molar-refractivity contribution in [3.63, 3.8) is 0 Å². The highest BCUT2D eigenvalue weighted by atomic mass is 19.1. The van der Waals surface area contributed by atoms with Crippen molar-refractivity contribution in [1.29, 1.82) is 0 Å². The number of hydrogen-bond acceptors (Lipinski definition) is 7. The first-order chi connectivity index (χ1) is 16.5. The summed E-state index contributed by atoms with van der Waals surface area (Å²) in [6.45, 7) is 2.16. The second kappa shape index (κ2) is 9.18. The summed E-state index contributed by atoms with van der Waals surface area (Å²) >= 11 is 0. The van der Waals surface area contributed by atoms with E-state index < -0.39 is 5.82 Å². The molecule has 4 heterocycles. The molecule has 2 aliphatic rings. The van der Waals surface area contributed by atoms with Crippen molar-refractivity contribution in [2.24, 2.45) is 5.92 Å². The van der Waals surface area contributed by atoms with E-state index in [-0.39, 0.29) is 29.9 Å². The third-order valence-corrected chi connectivity index (χ3v) is 5.92. The molecule has 2 aromatic heterocycles. The molecule has 10 nitrogen and oxygen atoms in total. The topological polar surface area (TPSA) is 118 Å². The molecular formula is C23H23FN6O4. The van der Waals surface area contributed by atoms with Crippen LogP contribution in [0.2, 0.25) is 0 Å². The minimum atomic E-state index is -0.412. The van der Waals surface area contributed by atoms with Crippen LogP contribution in [-0.2, 0) is 16.1 Å². The molecule has 0 aliphatic carbocycles. The van der Waals surface area contributed by atoms with Gasteiger partial charge in [0.1, 0.15) is 11.6 Å². The number of aromatic nitrogens is 3. The van der Waals surface area contributed by atoms with Crippen molar-refractivity contribution in [3.05, 3.63) is 52.7 Å². The highest BCUT2D eigenvalue weighted by Gasteiger charge is 2.32. The lowest BCUT2D eigenvalue weighted by Crippen LogP contribution is -2.30. The largest absolute Gasteiger partial charge is 0.480 e. The van der Waals surface area contributed by atoms with E-state index in [1.54, 1.807) is 23.1 Å². The second-order valence-electron chi connectivity index (χ2n) is 8.37. The van der Waals surface area contributed by atoms with Crippen LogP contribution in [0.15, 0.2) is 41.3 Å². The van der Waals surface area contributed by atoms with Crippen LogP contribution in [0.1, 0.15) is 12.8 Å². The number of hydrogen-bond donors (Lipinski definition) is 2. The van der Waals surface area contributed by atoms with E-state index in [1.807, 2.05) is 0 Å². The molecule has 0 spiro atoms. The Morgan fingerprint density at radius 2 is 2.09 bits per heavy atom. The van der Waals surface area contributed by atoms with Crippen molar-refractivity contribution in [1.82, 2.24) is 19.9 Å². The molecule has 0 radical (unpaired) electrons. The molecule has 2 N–H and O–H groups in total.